The standard InChI is InChI=1S/C39H27NOS2/c41-24-28-13-7-8-14-30(28)32-22-29(38-20-18-36(43-38)26-11-5-2-6-12-26)23-33-31-21-27(15-16-34(31)40-39(32)33)37-19-17-35(42-37)25-9-3-1-4-10-25/h1-24,31,34,40H. The summed E-state index contributed by atoms with van der Waals surface area (Å²) in [6.45, 7) is 0. The highest BCUT2D eigenvalue weighted by atomic mass is 32.1. The Morgan fingerprint density at radius 3 is 1.91 bits per heavy atom. The van der Waals surface area contributed by atoms with Crippen LogP contribution in [0.5, 0.6) is 0 Å². The number of benzene rings is 4. The molecule has 2 unspecified atom stereocenters. The molecule has 1 N–H and O–H groups in total. The number of fused-ring (bicyclic) bond motifs is 3. The monoisotopic (exact) mass is 589 g/mol. The van der Waals surface area contributed by atoms with Gasteiger partial charge in [0.2, 0.25) is 0 Å². The lowest BCUT2D eigenvalue weighted by atomic mass is 9.85. The van der Waals surface area contributed by atoms with E-state index in [0.29, 0.717) is 5.56 Å². The Balaban J connectivity index is 1.24. The first-order chi connectivity index (χ1) is 21.2. The predicted octanol–water partition coefficient (Wildman–Crippen LogP) is 10.8. The van der Waals surface area contributed by atoms with Gasteiger partial charge in [-0.25, -0.2) is 0 Å². The summed E-state index contributed by atoms with van der Waals surface area (Å²) >= 11 is 3.64. The molecule has 6 aromatic rings. The number of hydrogen-bond donors (Lipinski definition) is 1. The summed E-state index contributed by atoms with van der Waals surface area (Å²) in [5, 5.41) is 3.83. The van der Waals surface area contributed by atoms with Gasteiger partial charge in [-0.3, -0.25) is 4.79 Å². The van der Waals surface area contributed by atoms with E-state index in [-0.39, 0.29) is 12.0 Å². The van der Waals surface area contributed by atoms with Gasteiger partial charge in [0.05, 0.1) is 6.04 Å². The molecule has 8 rings (SSSR count). The van der Waals surface area contributed by atoms with Gasteiger partial charge in [-0.05, 0) is 69.8 Å². The van der Waals surface area contributed by atoms with Crippen LogP contribution in [0.3, 0.4) is 0 Å². The van der Waals surface area contributed by atoms with Crippen LogP contribution in [0.15, 0.2) is 140 Å². The molecule has 2 nitrogen and oxygen atoms in total. The molecule has 2 aliphatic rings. The molecule has 4 heteroatoms. The Morgan fingerprint density at radius 1 is 0.605 bits per heavy atom. The second-order valence-electron chi connectivity index (χ2n) is 10.9. The lowest BCUT2D eigenvalue weighted by Crippen LogP contribution is -2.18. The molecule has 4 aromatic carbocycles. The third-order valence-electron chi connectivity index (χ3n) is 8.34. The number of carbonyl (C=O) groups is 1. The number of thiophene rings is 2. The van der Waals surface area contributed by atoms with Crippen molar-refractivity contribution in [1.29, 1.82) is 0 Å². The maximum absolute atomic E-state index is 12.1. The molecule has 1 aliphatic carbocycles. The van der Waals surface area contributed by atoms with Crippen molar-refractivity contribution < 1.29 is 4.79 Å². The molecular weight excluding hydrogens is 563 g/mol. The van der Waals surface area contributed by atoms with Gasteiger partial charge < -0.3 is 5.32 Å². The average Bonchev–Trinajstić information content (AvgIpc) is 3.84. The molecule has 2 atom stereocenters. The molecule has 3 heterocycles. The molecule has 0 spiro atoms. The van der Waals surface area contributed by atoms with Crippen molar-refractivity contribution in [3.8, 4) is 42.4 Å². The van der Waals surface area contributed by atoms with Crippen LogP contribution < -0.4 is 5.32 Å². The number of aldehydes is 1. The lowest BCUT2D eigenvalue weighted by Gasteiger charge is -2.19. The Morgan fingerprint density at radius 2 is 1.21 bits per heavy atom. The molecule has 0 saturated carbocycles. The fraction of sp³-hybridized carbons (Fsp3) is 0.0513. The van der Waals surface area contributed by atoms with E-state index in [1.54, 1.807) is 0 Å². The number of nitrogens with one attached hydrogen (secondary N) is 1. The van der Waals surface area contributed by atoms with Crippen molar-refractivity contribution >= 4 is 40.2 Å². The smallest absolute Gasteiger partial charge is 0.150 e. The van der Waals surface area contributed by atoms with Crippen molar-refractivity contribution in [3.63, 3.8) is 0 Å². The van der Waals surface area contributed by atoms with Crippen LogP contribution in [0.4, 0.5) is 5.69 Å². The molecular formula is C39H27NOS2. The highest BCUT2D eigenvalue weighted by molar-refractivity contribution is 7.18. The van der Waals surface area contributed by atoms with E-state index in [2.05, 4.69) is 127 Å². The lowest BCUT2D eigenvalue weighted by molar-refractivity contribution is 0.112. The molecule has 0 fully saturated rings. The summed E-state index contributed by atoms with van der Waals surface area (Å²) in [7, 11) is 0. The summed E-state index contributed by atoms with van der Waals surface area (Å²) in [6.07, 6.45) is 7.95. The third kappa shape index (κ3) is 4.69. The largest absolute Gasteiger partial charge is 0.377 e. The van der Waals surface area contributed by atoms with Gasteiger partial charge >= 0.3 is 0 Å². The molecule has 0 saturated heterocycles. The van der Waals surface area contributed by atoms with Gasteiger partial charge in [-0.1, -0.05) is 103 Å². The van der Waals surface area contributed by atoms with E-state index >= 15 is 0 Å². The topological polar surface area (TPSA) is 29.1 Å². The summed E-state index contributed by atoms with van der Waals surface area (Å²) in [4.78, 5) is 17.1. The zero-order valence-corrected chi connectivity index (χ0v) is 24.9. The van der Waals surface area contributed by atoms with Crippen LogP contribution >= 0.6 is 22.7 Å². The maximum Gasteiger partial charge on any atom is 0.150 e. The maximum atomic E-state index is 12.1. The normalized spacial score (nSPS) is 16.7. The van der Waals surface area contributed by atoms with E-state index in [9.17, 15) is 4.79 Å². The molecule has 0 amide bonds. The fourth-order valence-corrected chi connectivity index (χ4v) is 8.24. The quantitative estimate of drug-likeness (QED) is 0.196. The number of hydrogen-bond acceptors (Lipinski definition) is 4. The molecule has 0 radical (unpaired) electrons. The first-order valence-corrected chi connectivity index (χ1v) is 16.1. The van der Waals surface area contributed by atoms with Crippen molar-refractivity contribution in [2.75, 3.05) is 5.32 Å². The molecule has 206 valence electrons. The van der Waals surface area contributed by atoms with Crippen molar-refractivity contribution in [3.05, 3.63) is 156 Å². The zero-order chi connectivity index (χ0) is 28.8. The van der Waals surface area contributed by atoms with Crippen molar-refractivity contribution in [2.24, 2.45) is 0 Å². The third-order valence-corrected chi connectivity index (χ3v) is 10.7. The van der Waals surface area contributed by atoms with E-state index in [4.69, 9.17) is 0 Å². The van der Waals surface area contributed by atoms with Gasteiger partial charge in [-0.15, -0.1) is 22.7 Å². The van der Waals surface area contributed by atoms with Gasteiger partial charge in [0, 0.05) is 42.2 Å². The van der Waals surface area contributed by atoms with E-state index in [0.717, 1.165) is 23.1 Å². The number of allylic oxidation sites excluding steroid dienone is 2. The molecule has 43 heavy (non-hydrogen) atoms. The number of anilines is 1. The minimum absolute atomic E-state index is 0.160. The van der Waals surface area contributed by atoms with Gasteiger partial charge in [0.1, 0.15) is 0 Å². The van der Waals surface area contributed by atoms with Gasteiger partial charge in [0.25, 0.3) is 0 Å². The minimum atomic E-state index is 0.160. The Labute approximate surface area is 259 Å². The number of rotatable bonds is 6. The van der Waals surface area contributed by atoms with Crippen LogP contribution in [-0.4, -0.2) is 12.3 Å². The Bertz CT molecular complexity index is 2030. The summed E-state index contributed by atoms with van der Waals surface area (Å²) in [5.41, 5.74) is 10.0. The highest BCUT2D eigenvalue weighted by Gasteiger charge is 2.34. The van der Waals surface area contributed by atoms with E-state index in [1.807, 2.05) is 40.9 Å². The molecule has 1 aliphatic heterocycles. The summed E-state index contributed by atoms with van der Waals surface area (Å²) in [6, 6.07) is 42.7. The van der Waals surface area contributed by atoms with Crippen LogP contribution in [-0.2, 0) is 0 Å². The van der Waals surface area contributed by atoms with Crippen LogP contribution in [0.25, 0.3) is 48.0 Å². The average molecular weight is 590 g/mol. The van der Waals surface area contributed by atoms with Crippen LogP contribution in [0.2, 0.25) is 0 Å². The second kappa shape index (κ2) is 10.8. The Kier molecular flexibility index (Phi) is 6.51. The van der Waals surface area contributed by atoms with E-state index < -0.39 is 0 Å². The summed E-state index contributed by atoms with van der Waals surface area (Å²) < 4.78 is 0. The van der Waals surface area contributed by atoms with E-state index in [1.165, 1.54) is 47.3 Å². The fourth-order valence-electron chi connectivity index (χ4n) is 6.22. The number of carbonyl (C=O) groups excluding carboxylic acids is 1. The molecule has 2 aromatic heterocycles. The first kappa shape index (κ1) is 25.9. The highest BCUT2D eigenvalue weighted by Crippen LogP contribution is 2.50. The minimum Gasteiger partial charge on any atom is -0.377 e. The Hall–Kier alpha value is -4.77. The van der Waals surface area contributed by atoms with Crippen molar-refractivity contribution in [1.82, 2.24) is 0 Å². The van der Waals surface area contributed by atoms with Gasteiger partial charge in [-0.2, -0.15) is 0 Å². The van der Waals surface area contributed by atoms with Crippen LogP contribution in [0, 0.1) is 0 Å². The van der Waals surface area contributed by atoms with Crippen LogP contribution in [0.1, 0.15) is 26.7 Å². The zero-order valence-electron chi connectivity index (χ0n) is 23.2. The first-order valence-electron chi connectivity index (χ1n) is 14.5. The van der Waals surface area contributed by atoms with Gasteiger partial charge in [0.15, 0.2) is 6.29 Å². The molecule has 0 bridgehead atoms. The SMILES string of the molecule is O=Cc1ccccc1-c1cc(-c2ccc(-c3ccccc3)s2)cc2c1NC1C=CC(c3ccc(-c4ccccc4)s3)=CC21. The second-order valence-corrected chi connectivity index (χ2v) is 13.1. The predicted molar refractivity (Wildman–Crippen MR) is 183 cm³/mol. The summed E-state index contributed by atoms with van der Waals surface area (Å²) in [5.74, 6) is 0.188. The van der Waals surface area contributed by atoms with Crippen molar-refractivity contribution in [2.45, 2.75) is 12.0 Å².